The summed E-state index contributed by atoms with van der Waals surface area (Å²) >= 11 is 1.09. The Labute approximate surface area is 161 Å². The van der Waals surface area contributed by atoms with Crippen molar-refractivity contribution in [1.82, 2.24) is 14.8 Å². The Morgan fingerprint density at radius 1 is 1.25 bits per heavy atom. The van der Waals surface area contributed by atoms with Crippen molar-refractivity contribution in [1.29, 1.82) is 0 Å². The number of primary amides is 1. The largest absolute Gasteiger partial charge is 0.573 e. The number of benzene rings is 1. The molecule has 0 aliphatic heterocycles. The third kappa shape index (κ3) is 5.62. The summed E-state index contributed by atoms with van der Waals surface area (Å²) in [5.74, 6) is -0.394. The second-order valence-electron chi connectivity index (χ2n) is 6.08. The van der Waals surface area contributed by atoms with E-state index >= 15 is 0 Å². The number of amides is 2. The number of carbonyl (C=O) groups excluding carboxylic acids is 2. The molecule has 0 saturated heterocycles. The number of hydrogen-bond donors (Lipinski definition) is 2. The van der Waals surface area contributed by atoms with Gasteiger partial charge in [-0.15, -0.1) is 23.4 Å². The maximum Gasteiger partial charge on any atom is 0.573 e. The highest BCUT2D eigenvalue weighted by Gasteiger charge is 2.31. The van der Waals surface area contributed by atoms with E-state index in [1.165, 1.54) is 12.1 Å². The van der Waals surface area contributed by atoms with Crippen LogP contribution in [0.1, 0.15) is 24.6 Å². The number of nitrogens with two attached hydrogens (primary N) is 1. The van der Waals surface area contributed by atoms with Crippen LogP contribution >= 0.6 is 11.8 Å². The van der Waals surface area contributed by atoms with Crippen LogP contribution in [0.15, 0.2) is 29.4 Å². The van der Waals surface area contributed by atoms with Gasteiger partial charge in [0.15, 0.2) is 5.16 Å². The Balaban J connectivity index is 1.56. The third-order valence-electron chi connectivity index (χ3n) is 3.71. The van der Waals surface area contributed by atoms with Crippen molar-refractivity contribution >= 4 is 29.3 Å². The molecule has 1 saturated carbocycles. The first-order chi connectivity index (χ1) is 13.2. The van der Waals surface area contributed by atoms with E-state index in [2.05, 4.69) is 20.3 Å². The maximum absolute atomic E-state index is 12.1. The minimum Gasteiger partial charge on any atom is -0.406 e. The molecule has 3 N–H and O–H groups in total. The first-order valence-electron chi connectivity index (χ1n) is 8.21. The summed E-state index contributed by atoms with van der Waals surface area (Å²) in [4.78, 5) is 23.4. The molecule has 1 aliphatic carbocycles. The molecule has 1 aromatic heterocycles. The lowest BCUT2D eigenvalue weighted by Gasteiger charge is -2.10. The molecule has 8 nitrogen and oxygen atoms in total. The molecule has 2 amide bonds. The standard InChI is InChI=1S/C16H16F3N5O3S/c17-16(18,19)27-11-5-3-10(4-6-11)21-13(26)8-28-15-23-22-14(9-1-2-9)24(15)7-12(20)25/h3-6,9H,1-2,7-8H2,(H2,20,25)(H,21,26). The van der Waals surface area contributed by atoms with E-state index in [-0.39, 0.29) is 24.0 Å². The van der Waals surface area contributed by atoms with Crippen molar-refractivity contribution in [2.75, 3.05) is 11.1 Å². The number of thioether (sulfide) groups is 1. The number of rotatable bonds is 8. The first kappa shape index (κ1) is 20.0. The average Bonchev–Trinajstić information content (AvgIpc) is 3.36. The van der Waals surface area contributed by atoms with Crippen molar-refractivity contribution in [3.8, 4) is 5.75 Å². The van der Waals surface area contributed by atoms with Crippen molar-refractivity contribution in [2.45, 2.75) is 36.8 Å². The van der Waals surface area contributed by atoms with Crippen LogP contribution in [-0.2, 0) is 16.1 Å². The maximum atomic E-state index is 12.1. The molecule has 0 bridgehead atoms. The number of hydrogen-bond acceptors (Lipinski definition) is 6. The van der Waals surface area contributed by atoms with Crippen molar-refractivity contribution < 1.29 is 27.5 Å². The predicted octanol–water partition coefficient (Wildman–Crippen LogP) is 2.27. The summed E-state index contributed by atoms with van der Waals surface area (Å²) in [6, 6.07) is 4.79. The molecule has 0 radical (unpaired) electrons. The predicted molar refractivity (Wildman–Crippen MR) is 93.7 cm³/mol. The van der Waals surface area contributed by atoms with Crippen LogP contribution in [0.2, 0.25) is 0 Å². The van der Waals surface area contributed by atoms with Gasteiger partial charge in [-0.05, 0) is 37.1 Å². The topological polar surface area (TPSA) is 112 Å². The molecule has 0 atom stereocenters. The number of ether oxygens (including phenoxy) is 1. The van der Waals surface area contributed by atoms with E-state index < -0.39 is 18.2 Å². The normalized spacial score (nSPS) is 14.0. The number of nitrogens with zero attached hydrogens (tertiary/aromatic N) is 3. The Kier molecular flexibility index (Phi) is 5.77. The molecule has 3 rings (SSSR count). The molecule has 1 fully saturated rings. The van der Waals surface area contributed by atoms with Crippen molar-refractivity contribution in [2.24, 2.45) is 5.73 Å². The number of alkyl halides is 3. The lowest BCUT2D eigenvalue weighted by Crippen LogP contribution is -2.21. The number of anilines is 1. The molecule has 1 heterocycles. The fraction of sp³-hybridized carbons (Fsp3) is 0.375. The fourth-order valence-electron chi connectivity index (χ4n) is 2.42. The summed E-state index contributed by atoms with van der Waals surface area (Å²) < 4.78 is 41.8. The van der Waals surface area contributed by atoms with Gasteiger partial charge in [0.05, 0.1) is 5.75 Å². The van der Waals surface area contributed by atoms with Crippen LogP contribution in [0, 0.1) is 0 Å². The van der Waals surface area contributed by atoms with Crippen LogP contribution in [-0.4, -0.2) is 38.7 Å². The SMILES string of the molecule is NC(=O)Cn1c(SCC(=O)Nc2ccc(OC(F)(F)F)cc2)nnc1C1CC1. The van der Waals surface area contributed by atoms with Gasteiger partial charge in [-0.2, -0.15) is 0 Å². The third-order valence-corrected chi connectivity index (χ3v) is 4.67. The van der Waals surface area contributed by atoms with Crippen LogP contribution in [0.4, 0.5) is 18.9 Å². The van der Waals surface area contributed by atoms with E-state index in [9.17, 15) is 22.8 Å². The molecule has 0 spiro atoms. The Morgan fingerprint density at radius 2 is 1.93 bits per heavy atom. The fourth-order valence-corrected chi connectivity index (χ4v) is 3.17. The minimum atomic E-state index is -4.78. The van der Waals surface area contributed by atoms with E-state index in [0.717, 1.165) is 36.7 Å². The Bertz CT molecular complexity index is 865. The van der Waals surface area contributed by atoms with Gasteiger partial charge in [-0.1, -0.05) is 11.8 Å². The molecule has 0 unspecified atom stereocenters. The van der Waals surface area contributed by atoms with Crippen LogP contribution in [0.25, 0.3) is 0 Å². The second kappa shape index (κ2) is 8.09. The van der Waals surface area contributed by atoms with Gasteiger partial charge in [0.2, 0.25) is 11.8 Å². The number of carbonyl (C=O) groups is 2. The summed E-state index contributed by atoms with van der Waals surface area (Å²) in [6.45, 7) is -0.0660. The zero-order chi connectivity index (χ0) is 20.3. The molecule has 2 aromatic rings. The highest BCUT2D eigenvalue weighted by Crippen LogP contribution is 2.40. The summed E-state index contributed by atoms with van der Waals surface area (Å²) in [7, 11) is 0. The van der Waals surface area contributed by atoms with E-state index in [0.29, 0.717) is 16.7 Å². The van der Waals surface area contributed by atoms with Gasteiger partial charge < -0.3 is 15.8 Å². The highest BCUT2D eigenvalue weighted by atomic mass is 32.2. The molecular weight excluding hydrogens is 399 g/mol. The van der Waals surface area contributed by atoms with Crippen LogP contribution in [0.3, 0.4) is 0 Å². The van der Waals surface area contributed by atoms with Crippen LogP contribution < -0.4 is 15.8 Å². The monoisotopic (exact) mass is 415 g/mol. The van der Waals surface area contributed by atoms with Gasteiger partial charge in [-0.25, -0.2) is 0 Å². The highest BCUT2D eigenvalue weighted by molar-refractivity contribution is 7.99. The Hall–Kier alpha value is -2.76. The molecule has 12 heteroatoms. The second-order valence-corrected chi connectivity index (χ2v) is 7.02. The molecule has 1 aliphatic rings. The zero-order valence-electron chi connectivity index (χ0n) is 14.4. The summed E-state index contributed by atoms with van der Waals surface area (Å²) in [5, 5.41) is 11.1. The molecular formula is C16H16F3N5O3S. The van der Waals surface area contributed by atoms with Gasteiger partial charge in [0.1, 0.15) is 18.1 Å². The van der Waals surface area contributed by atoms with Gasteiger partial charge in [-0.3, -0.25) is 14.2 Å². The lowest BCUT2D eigenvalue weighted by atomic mass is 10.3. The van der Waals surface area contributed by atoms with Crippen molar-refractivity contribution in [3.63, 3.8) is 0 Å². The number of aromatic nitrogens is 3. The molecule has 1 aromatic carbocycles. The van der Waals surface area contributed by atoms with E-state index in [1.54, 1.807) is 4.57 Å². The van der Waals surface area contributed by atoms with E-state index in [4.69, 9.17) is 5.73 Å². The quantitative estimate of drug-likeness (QED) is 0.640. The number of halogens is 3. The molecule has 28 heavy (non-hydrogen) atoms. The van der Waals surface area contributed by atoms with Gasteiger partial charge in [0.25, 0.3) is 0 Å². The minimum absolute atomic E-state index is 0.0254. The average molecular weight is 415 g/mol. The smallest absolute Gasteiger partial charge is 0.406 e. The first-order valence-corrected chi connectivity index (χ1v) is 9.19. The van der Waals surface area contributed by atoms with Crippen LogP contribution in [0.5, 0.6) is 5.75 Å². The van der Waals surface area contributed by atoms with E-state index in [1.807, 2.05) is 0 Å². The zero-order valence-corrected chi connectivity index (χ0v) is 15.2. The molecule has 150 valence electrons. The lowest BCUT2D eigenvalue weighted by molar-refractivity contribution is -0.274. The summed E-state index contributed by atoms with van der Waals surface area (Å²) in [6.07, 6.45) is -2.84. The number of nitrogens with one attached hydrogen (secondary N) is 1. The van der Waals surface area contributed by atoms with Crippen molar-refractivity contribution in [3.05, 3.63) is 30.1 Å². The van der Waals surface area contributed by atoms with Gasteiger partial charge >= 0.3 is 6.36 Å². The summed E-state index contributed by atoms with van der Waals surface area (Å²) in [5.41, 5.74) is 5.58. The Morgan fingerprint density at radius 3 is 2.50 bits per heavy atom. The van der Waals surface area contributed by atoms with Gasteiger partial charge in [0, 0.05) is 11.6 Å².